The number of anilines is 1. The maximum absolute atomic E-state index is 12.8. The highest BCUT2D eigenvalue weighted by Crippen LogP contribution is 2.22. The zero-order valence-electron chi connectivity index (χ0n) is 12.3. The van der Waals surface area contributed by atoms with Crippen molar-refractivity contribution in [1.29, 1.82) is 0 Å². The molecule has 0 atom stereocenters. The summed E-state index contributed by atoms with van der Waals surface area (Å²) in [5, 5.41) is 10.8. The molecule has 0 heterocycles. The zero-order chi connectivity index (χ0) is 17.7. The fraction of sp³-hybridized carbons (Fsp3) is 0.0667. The maximum Gasteiger partial charge on any atom is 0.292 e. The van der Waals surface area contributed by atoms with E-state index in [-0.39, 0.29) is 17.7 Å². The normalized spacial score (nSPS) is 10.0. The minimum absolute atomic E-state index is 0.0296. The summed E-state index contributed by atoms with van der Waals surface area (Å²) in [4.78, 5) is 33.7. The van der Waals surface area contributed by atoms with Gasteiger partial charge < -0.3 is 5.73 Å². The molecular weight excluding hydrogens is 319 g/mol. The lowest BCUT2D eigenvalue weighted by atomic mass is 10.1. The van der Waals surface area contributed by atoms with Crippen molar-refractivity contribution in [2.24, 2.45) is 0 Å². The Kier molecular flexibility index (Phi) is 5.05. The second-order valence-corrected chi connectivity index (χ2v) is 4.84. The van der Waals surface area contributed by atoms with E-state index in [1.165, 1.54) is 36.4 Å². The number of nitrogens with two attached hydrogens (primary N) is 1. The first-order valence-corrected chi connectivity index (χ1v) is 6.74. The van der Waals surface area contributed by atoms with Crippen LogP contribution in [0.2, 0.25) is 0 Å². The number of hydrogen-bond donors (Lipinski definition) is 3. The quantitative estimate of drug-likeness (QED) is 0.442. The fourth-order valence-electron chi connectivity index (χ4n) is 1.87. The van der Waals surface area contributed by atoms with Crippen molar-refractivity contribution in [2.75, 3.05) is 5.73 Å². The van der Waals surface area contributed by atoms with E-state index in [2.05, 4.69) is 10.9 Å². The lowest BCUT2D eigenvalue weighted by molar-refractivity contribution is -0.383. The molecule has 0 aliphatic heterocycles. The summed E-state index contributed by atoms with van der Waals surface area (Å²) in [5.41, 5.74) is 9.81. The van der Waals surface area contributed by atoms with Gasteiger partial charge in [-0.2, -0.15) is 0 Å². The molecule has 124 valence electrons. The SMILES string of the molecule is Nc1ccc(C(=O)NNC(=O)Cc2ccc(F)cc2)cc1[N+](=O)[O-]. The number of benzene rings is 2. The van der Waals surface area contributed by atoms with Gasteiger partial charge in [0, 0.05) is 11.6 Å². The Morgan fingerprint density at radius 3 is 2.42 bits per heavy atom. The molecule has 0 saturated heterocycles. The van der Waals surface area contributed by atoms with Crippen LogP contribution in [0.15, 0.2) is 42.5 Å². The Hall–Kier alpha value is -3.49. The number of carbonyl (C=O) groups is 2. The molecule has 4 N–H and O–H groups in total. The average Bonchev–Trinajstić information content (AvgIpc) is 2.55. The third-order valence-electron chi connectivity index (χ3n) is 3.08. The number of nitrogen functional groups attached to an aromatic ring is 1. The minimum atomic E-state index is -0.731. The summed E-state index contributed by atoms with van der Waals surface area (Å²) >= 11 is 0. The molecule has 8 nitrogen and oxygen atoms in total. The van der Waals surface area contributed by atoms with Crippen LogP contribution in [0.3, 0.4) is 0 Å². The highest BCUT2D eigenvalue weighted by atomic mass is 19.1. The van der Waals surface area contributed by atoms with Gasteiger partial charge in [-0.1, -0.05) is 12.1 Å². The Morgan fingerprint density at radius 1 is 1.12 bits per heavy atom. The number of nitrogens with one attached hydrogen (secondary N) is 2. The van der Waals surface area contributed by atoms with Crippen molar-refractivity contribution in [2.45, 2.75) is 6.42 Å². The first-order chi connectivity index (χ1) is 11.4. The van der Waals surface area contributed by atoms with E-state index in [9.17, 15) is 24.1 Å². The lowest BCUT2D eigenvalue weighted by Gasteiger charge is -2.08. The maximum atomic E-state index is 12.8. The molecule has 24 heavy (non-hydrogen) atoms. The number of amides is 2. The van der Waals surface area contributed by atoms with Gasteiger partial charge in [0.1, 0.15) is 11.5 Å². The highest BCUT2D eigenvalue weighted by Gasteiger charge is 2.16. The van der Waals surface area contributed by atoms with Crippen LogP contribution in [-0.2, 0) is 11.2 Å². The number of nitro groups is 1. The molecule has 2 aromatic rings. The van der Waals surface area contributed by atoms with E-state index in [1.54, 1.807) is 0 Å². The summed E-state index contributed by atoms with van der Waals surface area (Å²) < 4.78 is 12.8. The van der Waals surface area contributed by atoms with Crippen LogP contribution in [0.5, 0.6) is 0 Å². The van der Waals surface area contributed by atoms with E-state index in [1.807, 2.05) is 0 Å². The van der Waals surface area contributed by atoms with Crippen LogP contribution in [0.25, 0.3) is 0 Å². The average molecular weight is 332 g/mol. The number of nitrogens with zero attached hydrogens (tertiary/aromatic N) is 1. The molecule has 2 amide bonds. The first-order valence-electron chi connectivity index (χ1n) is 6.74. The second-order valence-electron chi connectivity index (χ2n) is 4.84. The summed E-state index contributed by atoms with van der Waals surface area (Å²) in [5.74, 6) is -1.68. The van der Waals surface area contributed by atoms with Crippen molar-refractivity contribution in [3.63, 3.8) is 0 Å². The molecule has 0 aromatic heterocycles. The Morgan fingerprint density at radius 2 is 1.79 bits per heavy atom. The zero-order valence-corrected chi connectivity index (χ0v) is 12.3. The molecule has 2 aromatic carbocycles. The van der Waals surface area contributed by atoms with Crippen molar-refractivity contribution in [3.8, 4) is 0 Å². The predicted octanol–water partition coefficient (Wildman–Crippen LogP) is 1.32. The van der Waals surface area contributed by atoms with Gasteiger partial charge in [0.15, 0.2) is 0 Å². The molecule has 0 bridgehead atoms. The van der Waals surface area contributed by atoms with Crippen LogP contribution in [0.4, 0.5) is 15.8 Å². The van der Waals surface area contributed by atoms with Gasteiger partial charge in [0.05, 0.1) is 11.3 Å². The van der Waals surface area contributed by atoms with Crippen molar-refractivity contribution in [3.05, 3.63) is 69.5 Å². The lowest BCUT2D eigenvalue weighted by Crippen LogP contribution is -2.42. The molecule has 0 saturated carbocycles. The number of halogens is 1. The summed E-state index contributed by atoms with van der Waals surface area (Å²) in [6.07, 6.45) is -0.0670. The molecule has 0 aliphatic carbocycles. The summed E-state index contributed by atoms with van der Waals surface area (Å²) in [7, 11) is 0. The monoisotopic (exact) mass is 332 g/mol. The summed E-state index contributed by atoms with van der Waals surface area (Å²) in [6.45, 7) is 0. The number of carbonyl (C=O) groups excluding carboxylic acids is 2. The van der Waals surface area contributed by atoms with Crippen LogP contribution in [-0.4, -0.2) is 16.7 Å². The Bertz CT molecular complexity index is 793. The van der Waals surface area contributed by atoms with Gasteiger partial charge >= 0.3 is 0 Å². The van der Waals surface area contributed by atoms with Gasteiger partial charge in [-0.05, 0) is 29.8 Å². The van der Waals surface area contributed by atoms with E-state index in [4.69, 9.17) is 5.73 Å². The third-order valence-corrected chi connectivity index (χ3v) is 3.08. The highest BCUT2D eigenvalue weighted by molar-refractivity contribution is 5.96. The molecular formula is C15H13FN4O4. The van der Waals surface area contributed by atoms with Crippen molar-refractivity contribution in [1.82, 2.24) is 10.9 Å². The molecule has 0 spiro atoms. The first kappa shape index (κ1) is 16.9. The number of hydrazine groups is 1. The van der Waals surface area contributed by atoms with Crippen LogP contribution < -0.4 is 16.6 Å². The van der Waals surface area contributed by atoms with Crippen LogP contribution in [0.1, 0.15) is 15.9 Å². The van der Waals surface area contributed by atoms with Crippen molar-refractivity contribution < 1.29 is 18.9 Å². The van der Waals surface area contributed by atoms with Crippen molar-refractivity contribution >= 4 is 23.2 Å². The number of rotatable bonds is 4. The minimum Gasteiger partial charge on any atom is -0.393 e. The number of hydrogen-bond acceptors (Lipinski definition) is 5. The van der Waals surface area contributed by atoms with Gasteiger partial charge in [0.2, 0.25) is 5.91 Å². The van der Waals surface area contributed by atoms with E-state index < -0.39 is 28.2 Å². The van der Waals surface area contributed by atoms with Gasteiger partial charge in [-0.25, -0.2) is 4.39 Å². The molecule has 0 radical (unpaired) electrons. The van der Waals surface area contributed by atoms with E-state index >= 15 is 0 Å². The molecule has 0 unspecified atom stereocenters. The largest absolute Gasteiger partial charge is 0.393 e. The molecule has 0 fully saturated rings. The molecule has 2 rings (SSSR count). The predicted molar refractivity (Wildman–Crippen MR) is 83.2 cm³/mol. The van der Waals surface area contributed by atoms with Gasteiger partial charge in [-0.15, -0.1) is 0 Å². The number of nitro benzene ring substituents is 1. The van der Waals surface area contributed by atoms with Gasteiger partial charge in [0.25, 0.3) is 11.6 Å². The Balaban J connectivity index is 1.95. The molecule has 9 heteroatoms. The second kappa shape index (κ2) is 7.18. The van der Waals surface area contributed by atoms with Crippen LogP contribution in [0, 0.1) is 15.9 Å². The fourth-order valence-corrected chi connectivity index (χ4v) is 1.87. The van der Waals surface area contributed by atoms with E-state index in [0.717, 1.165) is 6.07 Å². The third kappa shape index (κ3) is 4.26. The Labute approximate surface area is 135 Å². The van der Waals surface area contributed by atoms with Crippen LogP contribution >= 0.6 is 0 Å². The standard InChI is InChI=1S/C15H13FN4O4/c16-11-4-1-9(2-5-11)7-14(21)18-19-15(22)10-3-6-12(17)13(8-10)20(23)24/h1-6,8H,7,17H2,(H,18,21)(H,19,22). The van der Waals surface area contributed by atoms with Gasteiger partial charge in [-0.3, -0.25) is 30.6 Å². The smallest absolute Gasteiger partial charge is 0.292 e. The topological polar surface area (TPSA) is 127 Å². The summed E-state index contributed by atoms with van der Waals surface area (Å²) in [6, 6.07) is 8.86. The van der Waals surface area contributed by atoms with E-state index in [0.29, 0.717) is 5.56 Å². The molecule has 0 aliphatic rings.